The minimum Gasteiger partial charge on any atom is -0.461 e. The molecule has 1 aromatic carbocycles. The van der Waals surface area contributed by atoms with Crippen molar-refractivity contribution in [2.45, 2.75) is 50.1 Å². The zero-order valence-electron chi connectivity index (χ0n) is 23.7. The van der Waals surface area contributed by atoms with E-state index in [2.05, 4.69) is 26.7 Å². The molecule has 2 aromatic heterocycles. The Balaban J connectivity index is 1.45. The van der Waals surface area contributed by atoms with Gasteiger partial charge in [-0.15, -0.1) is 11.3 Å². The fourth-order valence-electron chi connectivity index (χ4n) is 7.39. The first-order chi connectivity index (χ1) is 20.8. The topological polar surface area (TPSA) is 103 Å². The molecule has 0 amide bonds. The van der Waals surface area contributed by atoms with Crippen LogP contribution in [0.4, 0.5) is 19.6 Å². The largest absolute Gasteiger partial charge is 0.461 e. The molecule has 0 aliphatic carbocycles. The Morgan fingerprint density at radius 2 is 2.09 bits per heavy atom. The SMILES string of the molecule is C=C/C(F)=c1/sc(N)c(C#N)/c1=C\c1c(Cl)c2c3c(nc(OCC45CCCN4CCC5)nc3c1F)N1CCNCC1CC2. The number of aryl methyl sites for hydroxylation is 1. The van der Waals surface area contributed by atoms with Crippen LogP contribution in [0.2, 0.25) is 5.02 Å². The number of nitrogens with one attached hydrogen (secondary N) is 1. The maximum atomic E-state index is 16.8. The summed E-state index contributed by atoms with van der Waals surface area (Å²) in [6.07, 6.45) is 8.19. The number of ether oxygens (including phenoxy) is 1. The van der Waals surface area contributed by atoms with Gasteiger partial charge in [0.1, 0.15) is 34.8 Å². The number of halogens is 3. The molecule has 1 atom stereocenters. The highest BCUT2D eigenvalue weighted by molar-refractivity contribution is 7.14. The number of nitrogen functional groups attached to an aromatic ring is 1. The third-order valence-corrected chi connectivity index (χ3v) is 11.0. The molecule has 224 valence electrons. The fourth-order valence-corrected chi connectivity index (χ4v) is 8.65. The zero-order chi connectivity index (χ0) is 29.9. The first kappa shape index (κ1) is 28.5. The van der Waals surface area contributed by atoms with Crippen LogP contribution in [0.1, 0.15) is 48.8 Å². The predicted molar refractivity (Wildman–Crippen MR) is 166 cm³/mol. The van der Waals surface area contributed by atoms with Gasteiger partial charge in [-0.1, -0.05) is 18.2 Å². The number of piperazine rings is 1. The third kappa shape index (κ3) is 4.58. The van der Waals surface area contributed by atoms with E-state index in [1.165, 1.54) is 6.08 Å². The van der Waals surface area contributed by atoms with Gasteiger partial charge in [0.25, 0.3) is 0 Å². The van der Waals surface area contributed by atoms with Crippen molar-refractivity contribution in [3.63, 3.8) is 0 Å². The van der Waals surface area contributed by atoms with Crippen molar-refractivity contribution >= 4 is 56.6 Å². The summed E-state index contributed by atoms with van der Waals surface area (Å²) in [4.78, 5) is 14.3. The van der Waals surface area contributed by atoms with Crippen molar-refractivity contribution in [1.29, 1.82) is 5.26 Å². The maximum Gasteiger partial charge on any atom is 0.319 e. The molecule has 43 heavy (non-hydrogen) atoms. The van der Waals surface area contributed by atoms with E-state index >= 15 is 4.39 Å². The van der Waals surface area contributed by atoms with Crippen LogP contribution < -0.4 is 30.4 Å². The molecule has 7 rings (SSSR count). The highest BCUT2D eigenvalue weighted by Crippen LogP contribution is 2.43. The van der Waals surface area contributed by atoms with Crippen LogP contribution in [0.15, 0.2) is 12.7 Å². The Morgan fingerprint density at radius 3 is 2.84 bits per heavy atom. The number of rotatable bonds is 5. The van der Waals surface area contributed by atoms with Crippen molar-refractivity contribution < 1.29 is 13.5 Å². The molecule has 12 heteroatoms. The minimum absolute atomic E-state index is 0.0264. The summed E-state index contributed by atoms with van der Waals surface area (Å²) in [7, 11) is 0. The molecule has 0 bridgehead atoms. The van der Waals surface area contributed by atoms with Crippen molar-refractivity contribution in [3.05, 3.63) is 49.9 Å². The second kappa shape index (κ2) is 11.0. The van der Waals surface area contributed by atoms with Crippen LogP contribution in [0.5, 0.6) is 6.01 Å². The summed E-state index contributed by atoms with van der Waals surface area (Å²) in [5.74, 6) is -0.703. The molecule has 4 aliphatic rings. The van der Waals surface area contributed by atoms with E-state index in [1.54, 1.807) is 0 Å². The smallest absolute Gasteiger partial charge is 0.319 e. The second-order valence-electron chi connectivity index (χ2n) is 11.8. The number of nitrogens with two attached hydrogens (primary N) is 1. The number of fused-ring (bicyclic) bond motifs is 3. The zero-order valence-corrected chi connectivity index (χ0v) is 25.3. The van der Waals surface area contributed by atoms with Gasteiger partial charge in [-0.2, -0.15) is 15.2 Å². The lowest BCUT2D eigenvalue weighted by Crippen LogP contribution is -2.51. The van der Waals surface area contributed by atoms with Gasteiger partial charge in [-0.3, -0.25) is 4.90 Å². The summed E-state index contributed by atoms with van der Waals surface area (Å²) in [6, 6.07) is 2.31. The summed E-state index contributed by atoms with van der Waals surface area (Å²) in [5.41, 5.74) is 6.96. The van der Waals surface area contributed by atoms with Gasteiger partial charge < -0.3 is 20.7 Å². The van der Waals surface area contributed by atoms with Crippen LogP contribution in [-0.4, -0.2) is 65.8 Å². The van der Waals surface area contributed by atoms with Crippen LogP contribution in [0.3, 0.4) is 0 Å². The number of aromatic nitrogens is 2. The van der Waals surface area contributed by atoms with Crippen molar-refractivity contribution in [3.8, 4) is 12.1 Å². The number of benzene rings is 1. The minimum atomic E-state index is -0.675. The molecule has 3 aromatic rings. The monoisotopic (exact) mass is 623 g/mol. The predicted octanol–water partition coefficient (Wildman–Crippen LogP) is 3.76. The Hall–Kier alpha value is -3.30. The molecule has 0 radical (unpaired) electrons. The van der Waals surface area contributed by atoms with Crippen LogP contribution in [-0.2, 0) is 6.42 Å². The normalized spacial score (nSPS) is 22.2. The van der Waals surface area contributed by atoms with Gasteiger partial charge in [-0.05, 0) is 69.3 Å². The average Bonchev–Trinajstić information content (AvgIpc) is 3.66. The molecule has 6 heterocycles. The van der Waals surface area contributed by atoms with Crippen LogP contribution in [0.25, 0.3) is 22.8 Å². The van der Waals surface area contributed by atoms with Gasteiger partial charge in [0.05, 0.1) is 26.0 Å². The molecule has 4 aliphatic heterocycles. The van der Waals surface area contributed by atoms with Crippen molar-refractivity contribution in [2.24, 2.45) is 0 Å². The quantitative estimate of drug-likeness (QED) is 0.443. The van der Waals surface area contributed by atoms with Crippen LogP contribution in [0, 0.1) is 17.1 Å². The fraction of sp³-hybridized carbons (Fsp3) is 0.452. The molecule has 3 saturated heterocycles. The number of thiophene rings is 1. The van der Waals surface area contributed by atoms with E-state index in [1.807, 2.05) is 6.07 Å². The van der Waals surface area contributed by atoms with Gasteiger partial charge in [-0.25, -0.2) is 8.78 Å². The Kier molecular flexibility index (Phi) is 7.29. The van der Waals surface area contributed by atoms with Crippen molar-refractivity contribution in [1.82, 2.24) is 20.2 Å². The standard InChI is InChI=1S/C31H32ClF2N7OS/c1-2-22(33)27-19(21(14-35)28(36)43-27)13-20-24(32)18-6-5-17-15-37-9-12-41(17)29-23(18)26(25(20)34)38-30(39-29)42-16-31-7-3-10-40(31)11-4-8-31/h2,13,17,37H,1,3-12,15-16,36H2/b19-13+,27-22-. The Labute approximate surface area is 257 Å². The van der Waals surface area contributed by atoms with Crippen molar-refractivity contribution in [2.75, 3.05) is 50.0 Å². The molecular formula is C31H32ClF2N7OS. The first-order valence-electron chi connectivity index (χ1n) is 14.7. The van der Waals surface area contributed by atoms with E-state index in [0.29, 0.717) is 30.8 Å². The van der Waals surface area contributed by atoms with E-state index in [9.17, 15) is 9.65 Å². The van der Waals surface area contributed by atoms with E-state index in [-0.39, 0.29) is 54.0 Å². The maximum absolute atomic E-state index is 16.8. The van der Waals surface area contributed by atoms with Gasteiger partial charge in [0, 0.05) is 36.5 Å². The molecule has 1 unspecified atom stereocenters. The third-order valence-electron chi connectivity index (χ3n) is 9.52. The molecule has 8 nitrogen and oxygen atoms in total. The Bertz CT molecular complexity index is 1810. The summed E-state index contributed by atoms with van der Waals surface area (Å²) >= 11 is 7.92. The lowest BCUT2D eigenvalue weighted by atomic mass is 9.95. The van der Waals surface area contributed by atoms with E-state index < -0.39 is 11.6 Å². The number of nitriles is 1. The van der Waals surface area contributed by atoms with Crippen LogP contribution >= 0.6 is 22.9 Å². The first-order valence-corrected chi connectivity index (χ1v) is 15.9. The molecule has 3 N–H and O–H groups in total. The summed E-state index contributed by atoms with van der Waals surface area (Å²) in [6.45, 7) is 8.34. The molecule has 0 saturated carbocycles. The second-order valence-corrected chi connectivity index (χ2v) is 13.2. The van der Waals surface area contributed by atoms with E-state index in [4.69, 9.17) is 27.1 Å². The highest BCUT2D eigenvalue weighted by Gasteiger charge is 2.45. The Morgan fingerprint density at radius 1 is 1.30 bits per heavy atom. The van der Waals surface area contributed by atoms with Gasteiger partial charge >= 0.3 is 6.01 Å². The number of allylic oxidation sites excluding steroid dienone is 1. The lowest BCUT2D eigenvalue weighted by molar-refractivity contribution is 0.108. The average molecular weight is 624 g/mol. The van der Waals surface area contributed by atoms with Gasteiger partial charge in [0.15, 0.2) is 5.82 Å². The van der Waals surface area contributed by atoms with E-state index in [0.717, 1.165) is 81.3 Å². The number of nitrogens with zero attached hydrogens (tertiary/aromatic N) is 5. The summed E-state index contributed by atoms with van der Waals surface area (Å²) in [5, 5.41) is 14.4. The highest BCUT2D eigenvalue weighted by atomic mass is 35.5. The molecule has 0 spiro atoms. The number of anilines is 2. The number of hydrogen-bond donors (Lipinski definition) is 2. The molecule has 3 fully saturated rings. The summed E-state index contributed by atoms with van der Waals surface area (Å²) < 4.78 is 38.0. The van der Waals surface area contributed by atoms with Gasteiger partial charge in [0.2, 0.25) is 0 Å². The number of hydrogen-bond acceptors (Lipinski definition) is 9. The molecular weight excluding hydrogens is 592 g/mol. The lowest BCUT2D eigenvalue weighted by Gasteiger charge is -2.36.